The molecule has 0 bridgehead atoms. The molecule has 11 heteroatoms. The van der Waals surface area contributed by atoms with Gasteiger partial charge in [0, 0.05) is 17.6 Å². The molecule has 0 saturated carbocycles. The van der Waals surface area contributed by atoms with E-state index in [1.54, 1.807) is 16.0 Å². The van der Waals surface area contributed by atoms with E-state index in [9.17, 15) is 9.59 Å². The molecule has 4 aromatic rings. The highest BCUT2D eigenvalue weighted by molar-refractivity contribution is 5.73. The van der Waals surface area contributed by atoms with Gasteiger partial charge in [-0.3, -0.25) is 9.80 Å². The Balaban J connectivity index is 1.15. The Hall–Kier alpha value is -4.67. The number of amides is 2. The maximum Gasteiger partial charge on any atom is 0.411 e. The second-order valence-electron chi connectivity index (χ2n) is 15.3. The van der Waals surface area contributed by atoms with Gasteiger partial charge in [-0.1, -0.05) is 48.5 Å². The van der Waals surface area contributed by atoms with Crippen molar-refractivity contribution in [2.45, 2.75) is 116 Å². The minimum atomic E-state index is -0.630. The van der Waals surface area contributed by atoms with Gasteiger partial charge in [0.2, 0.25) is 5.95 Å². The molecule has 2 saturated heterocycles. The number of aromatic nitrogens is 4. The number of imidazole rings is 2. The third-order valence-corrected chi connectivity index (χ3v) is 9.14. The summed E-state index contributed by atoms with van der Waals surface area (Å²) in [6, 6.07) is 15.2. The number of carbonyl (C=O) groups excluding carboxylic acids is 2. The quantitative estimate of drug-likeness (QED) is 0.219. The fourth-order valence-electron chi connectivity index (χ4n) is 6.78. The van der Waals surface area contributed by atoms with Crippen LogP contribution in [-0.4, -0.2) is 65.2 Å². The maximum atomic E-state index is 15.2. The summed E-state index contributed by atoms with van der Waals surface area (Å²) < 4.78 is 26.6. The molecule has 0 spiro atoms. The first-order chi connectivity index (χ1) is 23.1. The molecule has 10 nitrogen and oxygen atoms in total. The van der Waals surface area contributed by atoms with E-state index in [1.165, 1.54) is 0 Å². The Morgan fingerprint density at radius 2 is 1.14 bits per heavy atom. The van der Waals surface area contributed by atoms with Crippen LogP contribution in [0.2, 0.25) is 0 Å². The van der Waals surface area contributed by atoms with Crippen molar-refractivity contribution in [1.82, 2.24) is 29.7 Å². The van der Waals surface area contributed by atoms with Crippen molar-refractivity contribution in [3.05, 3.63) is 72.3 Å². The number of nitrogens with zero attached hydrogens (tertiary/aromatic N) is 4. The lowest BCUT2D eigenvalue weighted by molar-refractivity contribution is 0.0140. The van der Waals surface area contributed by atoms with E-state index in [0.717, 1.165) is 47.5 Å². The van der Waals surface area contributed by atoms with Crippen LogP contribution in [0.4, 0.5) is 14.0 Å². The van der Waals surface area contributed by atoms with Crippen molar-refractivity contribution in [2.24, 2.45) is 0 Å². The second kappa shape index (κ2) is 13.0. The highest BCUT2D eigenvalue weighted by Crippen LogP contribution is 2.39. The molecule has 2 aromatic carbocycles. The van der Waals surface area contributed by atoms with Crippen LogP contribution in [0.5, 0.6) is 0 Å². The van der Waals surface area contributed by atoms with E-state index in [1.807, 2.05) is 104 Å². The molecule has 0 unspecified atom stereocenters. The first-order valence-corrected chi connectivity index (χ1v) is 17.1. The summed E-state index contributed by atoms with van der Waals surface area (Å²) in [4.78, 5) is 44.9. The van der Waals surface area contributed by atoms with Crippen LogP contribution < -0.4 is 0 Å². The van der Waals surface area contributed by atoms with Gasteiger partial charge in [-0.15, -0.1) is 0 Å². The fraction of sp³-hybridized carbons (Fsp3) is 0.474. The van der Waals surface area contributed by atoms with E-state index < -0.39 is 23.2 Å². The number of hydrogen-bond acceptors (Lipinski definition) is 6. The number of benzene rings is 2. The van der Waals surface area contributed by atoms with E-state index >= 15 is 4.39 Å². The van der Waals surface area contributed by atoms with Crippen LogP contribution in [0.1, 0.15) is 105 Å². The van der Waals surface area contributed by atoms with Crippen molar-refractivity contribution < 1.29 is 23.5 Å². The number of aromatic amines is 2. The molecule has 49 heavy (non-hydrogen) atoms. The summed E-state index contributed by atoms with van der Waals surface area (Å²) in [5.41, 5.74) is 3.49. The summed E-state index contributed by atoms with van der Waals surface area (Å²) >= 11 is 0. The average Bonchev–Trinajstić information content (AvgIpc) is 3.81. The molecule has 0 radical (unpaired) electrons. The lowest BCUT2D eigenvalue weighted by Crippen LogP contribution is -2.40. The minimum Gasteiger partial charge on any atom is -0.444 e. The molecule has 2 aliphatic heterocycles. The summed E-state index contributed by atoms with van der Waals surface area (Å²) in [5.74, 6) is 0.638. The third-order valence-electron chi connectivity index (χ3n) is 9.14. The van der Waals surface area contributed by atoms with Gasteiger partial charge in [-0.05, 0) is 97.8 Å². The Kier molecular flexibility index (Phi) is 9.06. The van der Waals surface area contributed by atoms with Crippen molar-refractivity contribution in [2.75, 3.05) is 0 Å². The van der Waals surface area contributed by atoms with Crippen molar-refractivity contribution >= 4 is 12.2 Å². The number of carbonyl (C=O) groups is 2. The van der Waals surface area contributed by atoms with Crippen LogP contribution >= 0.6 is 0 Å². The Bertz CT molecular complexity index is 1800. The number of likely N-dealkylation sites (tertiary alicyclic amines) is 2. The van der Waals surface area contributed by atoms with Crippen LogP contribution in [0.15, 0.2) is 54.7 Å². The summed E-state index contributed by atoms with van der Waals surface area (Å²) in [7, 11) is 0. The van der Waals surface area contributed by atoms with E-state index in [0.29, 0.717) is 17.8 Å². The number of H-pyrrole nitrogens is 2. The van der Waals surface area contributed by atoms with Gasteiger partial charge in [0.15, 0.2) is 0 Å². The standard InChI is InChI=1S/C38H47FN6O4/c1-22-9-19-29(44(22)35(46)48-37(3,4)5)33-40-21-28(41-33)26-15-11-24(12-16-26)25-13-17-27(18-14-25)31-32(39)43-34(42-31)30-20-10-23(2)45(30)36(47)49-38(6,7)8/h11-18,21-23,29-30H,9-10,19-20H2,1-8H3,(H,40,41)(H,42,43)/t22-,23+,29-,30+/m1/s1. The molecule has 2 N–H and O–H groups in total. The first kappa shape index (κ1) is 34.2. The molecule has 2 aromatic heterocycles. The fourth-order valence-corrected chi connectivity index (χ4v) is 6.78. The first-order valence-electron chi connectivity index (χ1n) is 17.1. The normalized spacial score (nSPS) is 21.3. The molecule has 2 aliphatic rings. The van der Waals surface area contributed by atoms with Crippen LogP contribution in [0.3, 0.4) is 0 Å². The summed E-state index contributed by atoms with van der Waals surface area (Å²) in [6.07, 6.45) is 4.22. The zero-order valence-corrected chi connectivity index (χ0v) is 29.6. The predicted molar refractivity (Wildman–Crippen MR) is 186 cm³/mol. The predicted octanol–water partition coefficient (Wildman–Crippen LogP) is 9.19. The Morgan fingerprint density at radius 3 is 1.63 bits per heavy atom. The van der Waals surface area contributed by atoms with Gasteiger partial charge in [0.05, 0.1) is 24.0 Å². The van der Waals surface area contributed by atoms with E-state index in [-0.39, 0.29) is 36.0 Å². The van der Waals surface area contributed by atoms with Crippen LogP contribution in [0, 0.1) is 5.95 Å². The third kappa shape index (κ3) is 7.35. The molecule has 2 amide bonds. The zero-order chi connectivity index (χ0) is 35.2. The van der Waals surface area contributed by atoms with Gasteiger partial charge in [0.25, 0.3) is 0 Å². The van der Waals surface area contributed by atoms with Gasteiger partial charge in [0.1, 0.15) is 28.5 Å². The van der Waals surface area contributed by atoms with Crippen molar-refractivity contribution in [3.8, 4) is 33.6 Å². The Labute approximate surface area is 287 Å². The lowest BCUT2D eigenvalue weighted by atomic mass is 10.0. The largest absolute Gasteiger partial charge is 0.444 e. The van der Waals surface area contributed by atoms with Crippen LogP contribution in [0.25, 0.3) is 33.6 Å². The number of hydrogen-bond donors (Lipinski definition) is 2. The monoisotopic (exact) mass is 670 g/mol. The van der Waals surface area contributed by atoms with Gasteiger partial charge < -0.3 is 19.4 Å². The van der Waals surface area contributed by atoms with E-state index in [4.69, 9.17) is 9.47 Å². The minimum absolute atomic E-state index is 0.0388. The average molecular weight is 671 g/mol. The van der Waals surface area contributed by atoms with Crippen molar-refractivity contribution in [3.63, 3.8) is 0 Å². The zero-order valence-electron chi connectivity index (χ0n) is 29.6. The number of ether oxygens (including phenoxy) is 2. The molecule has 2 fully saturated rings. The topological polar surface area (TPSA) is 116 Å². The molecule has 260 valence electrons. The van der Waals surface area contributed by atoms with Gasteiger partial charge in [-0.25, -0.2) is 19.6 Å². The van der Waals surface area contributed by atoms with Crippen LogP contribution in [-0.2, 0) is 9.47 Å². The molecule has 4 heterocycles. The molecular formula is C38H47FN6O4. The molecule has 0 aliphatic carbocycles. The smallest absolute Gasteiger partial charge is 0.411 e. The molecule has 4 atom stereocenters. The number of halogens is 1. The Morgan fingerprint density at radius 1 is 0.694 bits per heavy atom. The maximum absolute atomic E-state index is 15.2. The summed E-state index contributed by atoms with van der Waals surface area (Å²) in [6.45, 7) is 15.1. The lowest BCUT2D eigenvalue weighted by Gasteiger charge is -2.30. The molecule has 6 rings (SSSR count). The van der Waals surface area contributed by atoms with Gasteiger partial charge in [-0.2, -0.15) is 4.39 Å². The number of rotatable bonds is 5. The van der Waals surface area contributed by atoms with Crippen molar-refractivity contribution in [1.29, 1.82) is 0 Å². The van der Waals surface area contributed by atoms with E-state index in [2.05, 4.69) is 19.9 Å². The highest BCUT2D eigenvalue weighted by Gasteiger charge is 2.41. The summed E-state index contributed by atoms with van der Waals surface area (Å²) in [5, 5.41) is 0. The highest BCUT2D eigenvalue weighted by atomic mass is 19.1. The second-order valence-corrected chi connectivity index (χ2v) is 15.3. The van der Waals surface area contributed by atoms with Gasteiger partial charge >= 0.3 is 12.2 Å². The SMILES string of the molecule is C[C@@H]1CC[C@H](c2ncc(-c3ccc(-c4ccc(-c5nc([C@@H]6CC[C@H](C)N6C(=O)OC(C)(C)C)[nH]c5F)cc4)cc3)[nH]2)N1C(=O)OC(C)(C)C. The number of nitrogens with one attached hydrogen (secondary N) is 2. The molecular weight excluding hydrogens is 623 g/mol.